The van der Waals surface area contributed by atoms with Crippen LogP contribution in [0.1, 0.15) is 27.2 Å². The van der Waals surface area contributed by atoms with Gasteiger partial charge in [-0.1, -0.05) is 24.3 Å². The molecule has 0 unspecified atom stereocenters. The lowest BCUT2D eigenvalue weighted by atomic mass is 10.1. The standard InChI is InChI=1S/C22H20N4O2/c1-13-9-10-16(11-14(13)2)24-22(28)18-12-23-21-19(20(18)27)15(3)25-26(21)17-7-5-4-6-8-17/h4-12H,1-3H3,(H,23,27)(H,24,28). The second kappa shape index (κ2) is 6.81. The van der Waals surface area contributed by atoms with Crippen LogP contribution in [0.4, 0.5) is 5.69 Å². The molecule has 0 fully saturated rings. The van der Waals surface area contributed by atoms with E-state index in [0.717, 1.165) is 16.8 Å². The van der Waals surface area contributed by atoms with E-state index in [1.54, 1.807) is 11.6 Å². The van der Waals surface area contributed by atoms with Crippen molar-refractivity contribution in [3.05, 3.63) is 87.3 Å². The summed E-state index contributed by atoms with van der Waals surface area (Å²) in [6, 6.07) is 15.2. The third kappa shape index (κ3) is 2.99. The molecule has 0 spiro atoms. The Morgan fingerprint density at radius 1 is 1.04 bits per heavy atom. The molecule has 0 saturated heterocycles. The average molecular weight is 372 g/mol. The molecule has 4 rings (SSSR count). The van der Waals surface area contributed by atoms with Crippen LogP contribution < -0.4 is 10.7 Å². The van der Waals surface area contributed by atoms with Crippen LogP contribution >= 0.6 is 0 Å². The number of hydrogen-bond acceptors (Lipinski definition) is 3. The minimum absolute atomic E-state index is 0.0569. The Morgan fingerprint density at radius 2 is 1.79 bits per heavy atom. The molecule has 6 nitrogen and oxygen atoms in total. The summed E-state index contributed by atoms with van der Waals surface area (Å²) in [5, 5.41) is 7.70. The summed E-state index contributed by atoms with van der Waals surface area (Å²) in [5.41, 5.74) is 4.56. The molecule has 0 aliphatic carbocycles. The number of nitrogens with zero attached hydrogens (tertiary/aromatic N) is 2. The predicted molar refractivity (Wildman–Crippen MR) is 110 cm³/mol. The average Bonchev–Trinajstić information content (AvgIpc) is 3.03. The Hall–Kier alpha value is -3.67. The molecule has 0 aliphatic heterocycles. The number of fused-ring (bicyclic) bond motifs is 1. The number of amides is 1. The van der Waals surface area contributed by atoms with Gasteiger partial charge in [0.1, 0.15) is 11.2 Å². The topological polar surface area (TPSA) is 79.8 Å². The maximum atomic E-state index is 13.0. The number of benzene rings is 2. The molecule has 6 heteroatoms. The van der Waals surface area contributed by atoms with Gasteiger partial charge in [0.05, 0.1) is 16.8 Å². The molecule has 140 valence electrons. The fraction of sp³-hybridized carbons (Fsp3) is 0.136. The van der Waals surface area contributed by atoms with Crippen molar-refractivity contribution in [2.45, 2.75) is 20.8 Å². The highest BCUT2D eigenvalue weighted by Crippen LogP contribution is 2.19. The summed E-state index contributed by atoms with van der Waals surface area (Å²) in [4.78, 5) is 28.8. The lowest BCUT2D eigenvalue weighted by molar-refractivity contribution is 0.102. The smallest absolute Gasteiger partial charge is 0.261 e. The van der Waals surface area contributed by atoms with Crippen molar-refractivity contribution in [3.63, 3.8) is 0 Å². The number of carbonyl (C=O) groups excluding carboxylic acids is 1. The molecule has 2 N–H and O–H groups in total. The fourth-order valence-electron chi connectivity index (χ4n) is 3.22. The second-order valence-corrected chi connectivity index (χ2v) is 6.84. The molecule has 0 radical (unpaired) electrons. The Morgan fingerprint density at radius 3 is 2.50 bits per heavy atom. The first kappa shape index (κ1) is 17.7. The van der Waals surface area contributed by atoms with E-state index in [2.05, 4.69) is 15.4 Å². The van der Waals surface area contributed by atoms with Gasteiger partial charge < -0.3 is 10.3 Å². The van der Waals surface area contributed by atoms with Crippen molar-refractivity contribution in [1.29, 1.82) is 0 Å². The van der Waals surface area contributed by atoms with Gasteiger partial charge in [-0.15, -0.1) is 0 Å². The Kier molecular flexibility index (Phi) is 4.31. The van der Waals surface area contributed by atoms with Crippen molar-refractivity contribution in [2.24, 2.45) is 0 Å². The largest absolute Gasteiger partial charge is 0.345 e. The number of aromatic amines is 1. The normalized spacial score (nSPS) is 11.0. The van der Waals surface area contributed by atoms with Crippen LogP contribution in [-0.4, -0.2) is 20.7 Å². The summed E-state index contributed by atoms with van der Waals surface area (Å²) < 4.78 is 1.68. The molecule has 4 aromatic rings. The molecule has 0 atom stereocenters. The molecule has 2 heterocycles. The van der Waals surface area contributed by atoms with E-state index in [1.165, 1.54) is 6.20 Å². The van der Waals surface area contributed by atoms with Gasteiger partial charge in [0, 0.05) is 11.9 Å². The van der Waals surface area contributed by atoms with Gasteiger partial charge in [0.2, 0.25) is 5.43 Å². The second-order valence-electron chi connectivity index (χ2n) is 6.84. The minimum Gasteiger partial charge on any atom is -0.345 e. The van der Waals surface area contributed by atoms with Gasteiger partial charge in [-0.05, 0) is 56.2 Å². The van der Waals surface area contributed by atoms with E-state index in [0.29, 0.717) is 22.4 Å². The van der Waals surface area contributed by atoms with Crippen molar-refractivity contribution in [2.75, 3.05) is 5.32 Å². The molecule has 0 bridgehead atoms. The third-order valence-electron chi connectivity index (χ3n) is 4.90. The molecule has 2 aromatic carbocycles. The Labute approximate surface area is 161 Å². The van der Waals surface area contributed by atoms with Crippen LogP contribution in [0.15, 0.2) is 59.5 Å². The number of hydrogen-bond donors (Lipinski definition) is 2. The van der Waals surface area contributed by atoms with Gasteiger partial charge in [0.15, 0.2) is 0 Å². The number of nitrogens with one attached hydrogen (secondary N) is 2. The van der Waals surface area contributed by atoms with Crippen molar-refractivity contribution < 1.29 is 4.79 Å². The van der Waals surface area contributed by atoms with Gasteiger partial charge in [0.25, 0.3) is 5.91 Å². The first-order valence-electron chi connectivity index (χ1n) is 9.01. The van der Waals surface area contributed by atoms with Gasteiger partial charge in [-0.3, -0.25) is 9.59 Å². The lowest BCUT2D eigenvalue weighted by Crippen LogP contribution is -2.22. The van der Waals surface area contributed by atoms with E-state index in [9.17, 15) is 9.59 Å². The highest BCUT2D eigenvalue weighted by atomic mass is 16.2. The summed E-state index contributed by atoms with van der Waals surface area (Å²) in [5.74, 6) is -0.446. The number of H-pyrrole nitrogens is 1. The zero-order chi connectivity index (χ0) is 19.8. The fourth-order valence-corrected chi connectivity index (χ4v) is 3.22. The summed E-state index contributed by atoms with van der Waals surface area (Å²) in [7, 11) is 0. The molecule has 2 aromatic heterocycles. The number of carbonyl (C=O) groups is 1. The molecular weight excluding hydrogens is 352 g/mol. The SMILES string of the molecule is Cc1ccc(NC(=O)c2c[nH]c3c(c(C)nn3-c3ccccc3)c2=O)cc1C. The highest BCUT2D eigenvalue weighted by molar-refractivity contribution is 6.05. The zero-order valence-electron chi connectivity index (χ0n) is 15.9. The number of aromatic nitrogens is 3. The lowest BCUT2D eigenvalue weighted by Gasteiger charge is -2.08. The van der Waals surface area contributed by atoms with E-state index in [1.807, 2.05) is 62.4 Å². The molecular formula is C22H20N4O2. The number of para-hydroxylation sites is 1. The molecule has 0 aliphatic rings. The summed E-state index contributed by atoms with van der Waals surface area (Å²) in [6.07, 6.45) is 1.45. The first-order valence-corrected chi connectivity index (χ1v) is 9.01. The zero-order valence-corrected chi connectivity index (χ0v) is 15.9. The van der Waals surface area contributed by atoms with Gasteiger partial charge in [-0.25, -0.2) is 4.68 Å². The van der Waals surface area contributed by atoms with E-state index in [4.69, 9.17) is 0 Å². The quantitative estimate of drug-likeness (QED) is 0.572. The van der Waals surface area contributed by atoms with Crippen molar-refractivity contribution in [1.82, 2.24) is 14.8 Å². The van der Waals surface area contributed by atoms with E-state index >= 15 is 0 Å². The minimum atomic E-state index is -0.446. The number of pyridine rings is 1. The van der Waals surface area contributed by atoms with Gasteiger partial charge in [-0.2, -0.15) is 5.10 Å². The monoisotopic (exact) mass is 372 g/mol. The summed E-state index contributed by atoms with van der Waals surface area (Å²) >= 11 is 0. The highest BCUT2D eigenvalue weighted by Gasteiger charge is 2.19. The third-order valence-corrected chi connectivity index (χ3v) is 4.90. The van der Waals surface area contributed by atoms with Crippen LogP contribution in [0.5, 0.6) is 0 Å². The van der Waals surface area contributed by atoms with Crippen LogP contribution in [0.2, 0.25) is 0 Å². The maximum absolute atomic E-state index is 13.0. The Bertz CT molecular complexity index is 1250. The van der Waals surface area contributed by atoms with Crippen LogP contribution in [0, 0.1) is 20.8 Å². The van der Waals surface area contributed by atoms with Gasteiger partial charge >= 0.3 is 0 Å². The number of rotatable bonds is 3. The molecule has 0 saturated carbocycles. The summed E-state index contributed by atoms with van der Waals surface area (Å²) in [6.45, 7) is 5.75. The van der Waals surface area contributed by atoms with Crippen LogP contribution in [-0.2, 0) is 0 Å². The van der Waals surface area contributed by atoms with Crippen molar-refractivity contribution >= 4 is 22.6 Å². The van der Waals surface area contributed by atoms with E-state index in [-0.39, 0.29) is 11.0 Å². The number of anilines is 1. The van der Waals surface area contributed by atoms with Crippen molar-refractivity contribution in [3.8, 4) is 5.69 Å². The van der Waals surface area contributed by atoms with E-state index < -0.39 is 5.91 Å². The molecule has 1 amide bonds. The predicted octanol–water partition coefficient (Wildman–Crippen LogP) is 3.89. The molecule has 28 heavy (non-hydrogen) atoms. The Balaban J connectivity index is 1.76. The van der Waals surface area contributed by atoms with Crippen LogP contribution in [0.25, 0.3) is 16.7 Å². The maximum Gasteiger partial charge on any atom is 0.261 e. The first-order chi connectivity index (χ1) is 13.5. The van der Waals surface area contributed by atoms with Crippen LogP contribution in [0.3, 0.4) is 0 Å². The number of aryl methyl sites for hydroxylation is 3.